The molecule has 0 atom stereocenters. The summed E-state index contributed by atoms with van der Waals surface area (Å²) in [6, 6.07) is 4.97. The molecule has 1 fully saturated rings. The lowest BCUT2D eigenvalue weighted by Gasteiger charge is -2.27. The number of piperazine rings is 1. The van der Waals surface area contributed by atoms with Crippen LogP contribution in [0.15, 0.2) is 18.2 Å². The van der Waals surface area contributed by atoms with E-state index in [0.29, 0.717) is 23.8 Å². The van der Waals surface area contributed by atoms with Gasteiger partial charge >= 0.3 is 6.03 Å². The predicted octanol–water partition coefficient (Wildman–Crippen LogP) is 1.61. The minimum Gasteiger partial charge on any atom is -0.353 e. The molecular formula is C12H14ClN3O2. The molecule has 96 valence electrons. The summed E-state index contributed by atoms with van der Waals surface area (Å²) in [5, 5.41) is 6.08. The van der Waals surface area contributed by atoms with E-state index in [1.54, 1.807) is 18.2 Å². The Hall–Kier alpha value is -1.75. The fourth-order valence-corrected chi connectivity index (χ4v) is 2.00. The van der Waals surface area contributed by atoms with Gasteiger partial charge in [-0.05, 0) is 30.7 Å². The minimum atomic E-state index is -0.268. The van der Waals surface area contributed by atoms with Crippen molar-refractivity contribution in [3.63, 3.8) is 0 Å². The zero-order chi connectivity index (χ0) is 13.1. The number of urea groups is 1. The maximum Gasteiger partial charge on any atom is 0.322 e. The molecule has 3 amide bonds. The number of aryl methyl sites for hydroxylation is 1. The molecule has 0 aromatic heterocycles. The van der Waals surface area contributed by atoms with Crippen molar-refractivity contribution in [1.29, 1.82) is 0 Å². The number of nitrogens with one attached hydrogen (secondary N) is 2. The van der Waals surface area contributed by atoms with Crippen LogP contribution in [0.3, 0.4) is 0 Å². The summed E-state index contributed by atoms with van der Waals surface area (Å²) < 4.78 is 0. The van der Waals surface area contributed by atoms with Crippen molar-refractivity contribution in [2.24, 2.45) is 0 Å². The quantitative estimate of drug-likeness (QED) is 0.812. The normalized spacial score (nSPS) is 15.2. The van der Waals surface area contributed by atoms with E-state index in [4.69, 9.17) is 11.6 Å². The molecule has 0 aliphatic carbocycles. The standard InChI is InChI=1S/C12H14ClN3O2/c1-8-6-9(13)2-3-10(8)15-12(18)16-5-4-14-11(17)7-16/h2-3,6H,4-5,7H2,1H3,(H,14,17)(H,15,18). The van der Waals surface area contributed by atoms with E-state index in [1.807, 2.05) is 6.92 Å². The zero-order valence-electron chi connectivity index (χ0n) is 10.00. The van der Waals surface area contributed by atoms with Gasteiger partial charge in [0.1, 0.15) is 6.54 Å². The molecule has 1 aliphatic heterocycles. The molecule has 0 spiro atoms. The first kappa shape index (κ1) is 12.7. The second-order valence-corrected chi connectivity index (χ2v) is 4.60. The molecule has 18 heavy (non-hydrogen) atoms. The highest BCUT2D eigenvalue weighted by molar-refractivity contribution is 6.30. The van der Waals surface area contributed by atoms with Crippen molar-refractivity contribution in [2.75, 3.05) is 25.0 Å². The van der Waals surface area contributed by atoms with Crippen molar-refractivity contribution >= 4 is 29.2 Å². The highest BCUT2D eigenvalue weighted by atomic mass is 35.5. The van der Waals surface area contributed by atoms with Gasteiger partial charge < -0.3 is 15.5 Å². The van der Waals surface area contributed by atoms with Gasteiger partial charge in [-0.3, -0.25) is 4.79 Å². The first-order chi connectivity index (χ1) is 8.56. The number of hydrogen-bond donors (Lipinski definition) is 2. The van der Waals surface area contributed by atoms with Crippen LogP contribution in [0.4, 0.5) is 10.5 Å². The summed E-state index contributed by atoms with van der Waals surface area (Å²) in [4.78, 5) is 24.6. The van der Waals surface area contributed by atoms with Gasteiger partial charge in [0.05, 0.1) is 0 Å². The number of carbonyl (C=O) groups is 2. The number of halogens is 1. The van der Waals surface area contributed by atoms with Gasteiger partial charge in [-0.25, -0.2) is 4.79 Å². The first-order valence-corrected chi connectivity index (χ1v) is 6.03. The lowest BCUT2D eigenvalue weighted by Crippen LogP contribution is -2.51. The van der Waals surface area contributed by atoms with Gasteiger partial charge in [-0.15, -0.1) is 0 Å². The summed E-state index contributed by atoms with van der Waals surface area (Å²) in [7, 11) is 0. The number of anilines is 1. The lowest BCUT2D eigenvalue weighted by atomic mass is 10.2. The molecule has 2 rings (SSSR count). The SMILES string of the molecule is Cc1cc(Cl)ccc1NC(=O)N1CCNC(=O)C1. The molecule has 1 saturated heterocycles. The third kappa shape index (κ3) is 2.92. The third-order valence-corrected chi connectivity index (χ3v) is 2.99. The van der Waals surface area contributed by atoms with E-state index in [9.17, 15) is 9.59 Å². The Morgan fingerprint density at radius 1 is 1.50 bits per heavy atom. The Labute approximate surface area is 110 Å². The fraction of sp³-hybridized carbons (Fsp3) is 0.333. The largest absolute Gasteiger partial charge is 0.353 e. The van der Waals surface area contributed by atoms with Crippen LogP contribution >= 0.6 is 11.6 Å². The predicted molar refractivity (Wildman–Crippen MR) is 69.8 cm³/mol. The molecule has 0 unspecified atom stereocenters. The fourth-order valence-electron chi connectivity index (χ4n) is 1.77. The van der Waals surface area contributed by atoms with Gasteiger partial charge in [-0.2, -0.15) is 0 Å². The maximum atomic E-state index is 12.0. The number of rotatable bonds is 1. The summed E-state index contributed by atoms with van der Waals surface area (Å²) >= 11 is 5.85. The molecule has 1 aliphatic rings. The second kappa shape index (κ2) is 5.27. The Balaban J connectivity index is 2.04. The van der Waals surface area contributed by atoms with Gasteiger partial charge in [0.15, 0.2) is 0 Å². The Morgan fingerprint density at radius 3 is 2.94 bits per heavy atom. The van der Waals surface area contributed by atoms with E-state index in [2.05, 4.69) is 10.6 Å². The van der Waals surface area contributed by atoms with Crippen molar-refractivity contribution in [3.05, 3.63) is 28.8 Å². The van der Waals surface area contributed by atoms with E-state index >= 15 is 0 Å². The molecule has 0 radical (unpaired) electrons. The summed E-state index contributed by atoms with van der Waals surface area (Å²) in [5.74, 6) is -0.135. The molecule has 1 aromatic carbocycles. The zero-order valence-corrected chi connectivity index (χ0v) is 10.8. The van der Waals surface area contributed by atoms with Gasteiger partial charge in [0.2, 0.25) is 5.91 Å². The average molecular weight is 268 g/mol. The first-order valence-electron chi connectivity index (χ1n) is 5.65. The molecule has 0 saturated carbocycles. The number of hydrogen-bond acceptors (Lipinski definition) is 2. The molecule has 1 aromatic rings. The van der Waals surface area contributed by atoms with Crippen molar-refractivity contribution in [3.8, 4) is 0 Å². The van der Waals surface area contributed by atoms with Crippen molar-refractivity contribution in [1.82, 2.24) is 10.2 Å². The molecule has 5 nitrogen and oxygen atoms in total. The summed E-state index contributed by atoms with van der Waals surface area (Å²) in [5.41, 5.74) is 1.59. The van der Waals surface area contributed by atoms with Crippen LogP contribution in [0.1, 0.15) is 5.56 Å². The number of benzene rings is 1. The van der Waals surface area contributed by atoms with Gasteiger partial charge in [-0.1, -0.05) is 11.6 Å². The highest BCUT2D eigenvalue weighted by Gasteiger charge is 2.21. The van der Waals surface area contributed by atoms with Crippen LogP contribution in [-0.2, 0) is 4.79 Å². The molecule has 6 heteroatoms. The van der Waals surface area contributed by atoms with E-state index in [-0.39, 0.29) is 18.5 Å². The molecule has 1 heterocycles. The number of nitrogens with zero attached hydrogens (tertiary/aromatic N) is 1. The monoisotopic (exact) mass is 267 g/mol. The van der Waals surface area contributed by atoms with Crippen LogP contribution in [0.2, 0.25) is 5.02 Å². The highest BCUT2D eigenvalue weighted by Crippen LogP contribution is 2.19. The van der Waals surface area contributed by atoms with E-state index in [0.717, 1.165) is 5.56 Å². The topological polar surface area (TPSA) is 61.4 Å². The lowest BCUT2D eigenvalue weighted by molar-refractivity contribution is -0.123. The van der Waals surface area contributed by atoms with Gasteiger partial charge in [0.25, 0.3) is 0 Å². The summed E-state index contributed by atoms with van der Waals surface area (Å²) in [6.45, 7) is 2.97. The van der Waals surface area contributed by atoms with Crippen LogP contribution < -0.4 is 10.6 Å². The van der Waals surface area contributed by atoms with Crippen LogP contribution in [0.5, 0.6) is 0 Å². The maximum absolute atomic E-state index is 12.0. The Morgan fingerprint density at radius 2 is 2.28 bits per heavy atom. The van der Waals surface area contributed by atoms with Crippen LogP contribution in [-0.4, -0.2) is 36.5 Å². The van der Waals surface area contributed by atoms with E-state index in [1.165, 1.54) is 4.90 Å². The van der Waals surface area contributed by atoms with Gasteiger partial charge in [0, 0.05) is 23.8 Å². The van der Waals surface area contributed by atoms with Crippen LogP contribution in [0, 0.1) is 6.92 Å². The smallest absolute Gasteiger partial charge is 0.322 e. The summed E-state index contributed by atoms with van der Waals surface area (Å²) in [6.07, 6.45) is 0. The third-order valence-electron chi connectivity index (χ3n) is 2.76. The Kier molecular flexibility index (Phi) is 3.72. The van der Waals surface area contributed by atoms with Crippen molar-refractivity contribution in [2.45, 2.75) is 6.92 Å². The van der Waals surface area contributed by atoms with Crippen molar-refractivity contribution < 1.29 is 9.59 Å². The number of amides is 3. The molecule has 0 bridgehead atoms. The molecule has 2 N–H and O–H groups in total. The van der Waals surface area contributed by atoms with E-state index < -0.39 is 0 Å². The van der Waals surface area contributed by atoms with Crippen LogP contribution in [0.25, 0.3) is 0 Å². The Bertz CT molecular complexity index is 490. The minimum absolute atomic E-state index is 0.0957. The second-order valence-electron chi connectivity index (χ2n) is 4.16. The number of carbonyl (C=O) groups excluding carboxylic acids is 2. The molecular weight excluding hydrogens is 254 g/mol. The average Bonchev–Trinajstić information content (AvgIpc) is 2.32.